The maximum atomic E-state index is 6.62. The van der Waals surface area contributed by atoms with Gasteiger partial charge in [-0.3, -0.25) is 0 Å². The first-order valence-electron chi connectivity index (χ1n) is 6.32. The van der Waals surface area contributed by atoms with Crippen LogP contribution in [-0.2, 0) is 5.41 Å². The summed E-state index contributed by atoms with van der Waals surface area (Å²) in [6.45, 7) is 8.93. The van der Waals surface area contributed by atoms with Gasteiger partial charge in [0.25, 0.3) is 0 Å². The van der Waals surface area contributed by atoms with E-state index >= 15 is 0 Å². The molecule has 90 valence electrons. The van der Waals surface area contributed by atoms with Crippen LogP contribution in [0.1, 0.15) is 52.5 Å². The molecule has 0 spiro atoms. The molecule has 0 heterocycles. The lowest BCUT2D eigenvalue weighted by Gasteiger charge is -2.44. The molecular weight excluding hydrogens is 194 g/mol. The van der Waals surface area contributed by atoms with Crippen LogP contribution in [0.4, 0.5) is 0 Å². The third-order valence-corrected chi connectivity index (χ3v) is 4.07. The van der Waals surface area contributed by atoms with Crippen molar-refractivity contribution in [1.29, 1.82) is 0 Å². The van der Waals surface area contributed by atoms with Crippen LogP contribution in [0.15, 0.2) is 30.3 Å². The molecule has 1 aromatic rings. The van der Waals surface area contributed by atoms with Gasteiger partial charge in [0.15, 0.2) is 0 Å². The third kappa shape index (κ3) is 2.30. The van der Waals surface area contributed by atoms with E-state index in [4.69, 9.17) is 5.73 Å². The first kappa shape index (κ1) is 13.2. The summed E-state index contributed by atoms with van der Waals surface area (Å²) in [6, 6.07) is 10.6. The van der Waals surface area contributed by atoms with Gasteiger partial charge in [0.2, 0.25) is 0 Å². The van der Waals surface area contributed by atoms with Gasteiger partial charge >= 0.3 is 0 Å². The summed E-state index contributed by atoms with van der Waals surface area (Å²) in [5.74, 6) is 0. The second kappa shape index (κ2) is 5.01. The number of benzene rings is 1. The van der Waals surface area contributed by atoms with Crippen molar-refractivity contribution in [2.45, 2.75) is 57.9 Å². The first-order chi connectivity index (χ1) is 7.48. The molecule has 1 nitrogen and oxygen atoms in total. The lowest BCUT2D eigenvalue weighted by Crippen LogP contribution is -2.54. The van der Waals surface area contributed by atoms with Crippen molar-refractivity contribution < 1.29 is 0 Å². The number of hydrogen-bond donors (Lipinski definition) is 1. The molecule has 0 aromatic heterocycles. The Morgan fingerprint density at radius 3 is 2.06 bits per heavy atom. The predicted octanol–water partition coefficient (Wildman–Crippen LogP) is 3.87. The number of nitrogens with two attached hydrogens (primary N) is 1. The second-order valence-corrected chi connectivity index (χ2v) is 5.25. The van der Waals surface area contributed by atoms with Crippen LogP contribution in [0.5, 0.6) is 0 Å². The predicted molar refractivity (Wildman–Crippen MR) is 71.6 cm³/mol. The van der Waals surface area contributed by atoms with Crippen LogP contribution < -0.4 is 5.73 Å². The molecule has 0 bridgehead atoms. The van der Waals surface area contributed by atoms with Crippen molar-refractivity contribution in [2.75, 3.05) is 0 Å². The zero-order chi connectivity index (χ0) is 12.2. The van der Waals surface area contributed by atoms with E-state index in [0.29, 0.717) is 0 Å². The molecular formula is C15H25N. The highest BCUT2D eigenvalue weighted by Crippen LogP contribution is 2.38. The van der Waals surface area contributed by atoms with Crippen molar-refractivity contribution in [3.63, 3.8) is 0 Å². The summed E-state index contributed by atoms with van der Waals surface area (Å²) in [5, 5.41) is 0. The maximum Gasteiger partial charge on any atom is 0.0244 e. The molecule has 0 amide bonds. The molecule has 0 saturated heterocycles. The molecule has 0 radical (unpaired) electrons. The van der Waals surface area contributed by atoms with Crippen LogP contribution in [-0.4, -0.2) is 5.54 Å². The molecule has 0 aliphatic rings. The van der Waals surface area contributed by atoms with Crippen LogP contribution >= 0.6 is 0 Å². The average Bonchev–Trinajstić information content (AvgIpc) is 2.30. The average molecular weight is 219 g/mol. The van der Waals surface area contributed by atoms with E-state index in [1.54, 1.807) is 0 Å². The Morgan fingerprint density at radius 1 is 1.06 bits per heavy atom. The van der Waals surface area contributed by atoms with Crippen LogP contribution in [0.3, 0.4) is 0 Å². The Kier molecular flexibility index (Phi) is 4.15. The summed E-state index contributed by atoms with van der Waals surface area (Å²) < 4.78 is 0. The monoisotopic (exact) mass is 219 g/mol. The van der Waals surface area contributed by atoms with Crippen LogP contribution in [0.2, 0.25) is 0 Å². The van der Waals surface area contributed by atoms with E-state index in [1.165, 1.54) is 5.56 Å². The van der Waals surface area contributed by atoms with E-state index in [2.05, 4.69) is 58.0 Å². The highest BCUT2D eigenvalue weighted by Gasteiger charge is 2.40. The van der Waals surface area contributed by atoms with Crippen molar-refractivity contribution in [2.24, 2.45) is 5.73 Å². The highest BCUT2D eigenvalue weighted by molar-refractivity contribution is 5.28. The first-order valence-corrected chi connectivity index (χ1v) is 6.32. The fourth-order valence-electron chi connectivity index (χ4n) is 2.52. The SMILES string of the molecule is CCCC(N)(CC)C(C)(C)c1ccccc1. The Balaban J connectivity index is 3.08. The molecule has 0 aliphatic heterocycles. The van der Waals surface area contributed by atoms with Gasteiger partial charge in [-0.2, -0.15) is 0 Å². The molecule has 1 aromatic carbocycles. The highest BCUT2D eigenvalue weighted by atomic mass is 14.8. The summed E-state index contributed by atoms with van der Waals surface area (Å²) in [4.78, 5) is 0. The normalized spacial score (nSPS) is 15.8. The lowest BCUT2D eigenvalue weighted by molar-refractivity contribution is 0.227. The lowest BCUT2D eigenvalue weighted by atomic mass is 9.65. The van der Waals surface area contributed by atoms with Gasteiger partial charge in [-0.05, 0) is 18.4 Å². The van der Waals surface area contributed by atoms with Crippen LogP contribution in [0.25, 0.3) is 0 Å². The molecule has 16 heavy (non-hydrogen) atoms. The van der Waals surface area contributed by atoms with E-state index in [-0.39, 0.29) is 11.0 Å². The minimum atomic E-state index is -0.108. The largest absolute Gasteiger partial charge is 0.324 e. The minimum absolute atomic E-state index is 0.0268. The zero-order valence-corrected chi connectivity index (χ0v) is 11.1. The van der Waals surface area contributed by atoms with Gasteiger partial charge in [-0.25, -0.2) is 0 Å². The minimum Gasteiger partial charge on any atom is -0.324 e. The number of rotatable bonds is 5. The molecule has 2 N–H and O–H groups in total. The Hall–Kier alpha value is -0.820. The number of hydrogen-bond acceptors (Lipinski definition) is 1. The fourth-order valence-corrected chi connectivity index (χ4v) is 2.52. The van der Waals surface area contributed by atoms with E-state index in [9.17, 15) is 0 Å². The molecule has 1 atom stereocenters. The molecule has 0 fully saturated rings. The van der Waals surface area contributed by atoms with Gasteiger partial charge in [-0.1, -0.05) is 64.4 Å². The molecule has 1 heteroatoms. The maximum absolute atomic E-state index is 6.62. The summed E-state index contributed by atoms with van der Waals surface area (Å²) in [7, 11) is 0. The van der Waals surface area contributed by atoms with Gasteiger partial charge in [-0.15, -0.1) is 0 Å². The standard InChI is InChI=1S/C15H25N/c1-5-12-15(16,6-2)14(3,4)13-10-8-7-9-11-13/h7-11H,5-6,12,16H2,1-4H3. The molecule has 1 rings (SSSR count). The topological polar surface area (TPSA) is 26.0 Å². The summed E-state index contributed by atoms with van der Waals surface area (Å²) >= 11 is 0. The zero-order valence-electron chi connectivity index (χ0n) is 11.1. The Labute approximate surface area is 100 Å². The van der Waals surface area contributed by atoms with Gasteiger partial charge in [0, 0.05) is 11.0 Å². The smallest absolute Gasteiger partial charge is 0.0244 e. The van der Waals surface area contributed by atoms with Gasteiger partial charge in [0.05, 0.1) is 0 Å². The van der Waals surface area contributed by atoms with Crippen molar-refractivity contribution >= 4 is 0 Å². The Morgan fingerprint density at radius 2 is 1.62 bits per heavy atom. The van der Waals surface area contributed by atoms with E-state index < -0.39 is 0 Å². The second-order valence-electron chi connectivity index (χ2n) is 5.25. The Bertz CT molecular complexity index is 315. The van der Waals surface area contributed by atoms with Gasteiger partial charge < -0.3 is 5.73 Å². The molecule has 0 saturated carbocycles. The van der Waals surface area contributed by atoms with Crippen molar-refractivity contribution in [1.82, 2.24) is 0 Å². The van der Waals surface area contributed by atoms with Crippen molar-refractivity contribution in [3.05, 3.63) is 35.9 Å². The van der Waals surface area contributed by atoms with E-state index in [0.717, 1.165) is 19.3 Å². The molecule has 0 aliphatic carbocycles. The van der Waals surface area contributed by atoms with Gasteiger partial charge in [0.1, 0.15) is 0 Å². The molecule has 1 unspecified atom stereocenters. The van der Waals surface area contributed by atoms with Crippen molar-refractivity contribution in [3.8, 4) is 0 Å². The quantitative estimate of drug-likeness (QED) is 0.799. The fraction of sp³-hybridized carbons (Fsp3) is 0.600. The summed E-state index contributed by atoms with van der Waals surface area (Å²) in [5.41, 5.74) is 7.88. The van der Waals surface area contributed by atoms with E-state index in [1.807, 2.05) is 0 Å². The van der Waals surface area contributed by atoms with Crippen LogP contribution in [0, 0.1) is 0 Å². The summed E-state index contributed by atoms with van der Waals surface area (Å²) in [6.07, 6.45) is 3.23. The third-order valence-electron chi connectivity index (χ3n) is 4.07.